The predicted octanol–water partition coefficient (Wildman–Crippen LogP) is 6.66. The summed E-state index contributed by atoms with van der Waals surface area (Å²) >= 11 is 0. The minimum absolute atomic E-state index is 0.0478. The molecule has 1 spiro atoms. The van der Waals surface area contributed by atoms with Crippen LogP contribution in [0.25, 0.3) is 11.1 Å². The lowest BCUT2D eigenvalue weighted by molar-refractivity contribution is -0.150. The summed E-state index contributed by atoms with van der Waals surface area (Å²) in [6.45, 7) is 5.59. The molecule has 0 atom stereocenters. The van der Waals surface area contributed by atoms with E-state index < -0.39 is 34.4 Å². The molecule has 1 N–H and O–H groups in total. The quantitative estimate of drug-likeness (QED) is 0.394. The Kier molecular flexibility index (Phi) is 6.84. The number of nitrogens with zero attached hydrogens (tertiary/aromatic N) is 2. The van der Waals surface area contributed by atoms with Gasteiger partial charge in [0.1, 0.15) is 11.6 Å². The van der Waals surface area contributed by atoms with Crippen molar-refractivity contribution in [2.45, 2.75) is 76.9 Å². The van der Waals surface area contributed by atoms with Crippen molar-refractivity contribution in [2.75, 3.05) is 19.7 Å². The zero-order valence-electron chi connectivity index (χ0n) is 22.9. The van der Waals surface area contributed by atoms with E-state index in [1.54, 1.807) is 6.92 Å². The van der Waals surface area contributed by atoms with Crippen LogP contribution < -0.4 is 4.74 Å². The smallest absolute Gasteiger partial charge is 0.309 e. The Morgan fingerprint density at radius 1 is 1.12 bits per heavy atom. The average Bonchev–Trinajstić information content (AvgIpc) is 3.65. The van der Waals surface area contributed by atoms with Crippen LogP contribution in [-0.4, -0.2) is 47.0 Å². The van der Waals surface area contributed by atoms with Crippen molar-refractivity contribution in [1.29, 1.82) is 0 Å². The van der Waals surface area contributed by atoms with Gasteiger partial charge in [-0.1, -0.05) is 5.16 Å². The van der Waals surface area contributed by atoms with Gasteiger partial charge in [0.2, 0.25) is 0 Å². The number of oxime groups is 1. The molecule has 2 saturated carbocycles. The number of hydrogen-bond donors (Lipinski definition) is 1. The van der Waals surface area contributed by atoms with E-state index in [1.165, 1.54) is 6.07 Å². The van der Waals surface area contributed by atoms with Crippen LogP contribution >= 0.6 is 0 Å². The van der Waals surface area contributed by atoms with Crippen molar-refractivity contribution in [1.82, 2.24) is 4.90 Å². The summed E-state index contributed by atoms with van der Waals surface area (Å²) in [7, 11) is 0. The van der Waals surface area contributed by atoms with Crippen LogP contribution in [0.15, 0.2) is 29.4 Å². The molecule has 2 heterocycles. The fourth-order valence-corrected chi connectivity index (χ4v) is 6.67. The molecule has 1 saturated heterocycles. The Balaban J connectivity index is 1.17. The van der Waals surface area contributed by atoms with Gasteiger partial charge in [-0.05, 0) is 82.1 Å². The SMILES string of the molecule is CCOc1c(CN2CC3(CC(C4CCC(C)(C(=O)O)CC4)=NO3)C2)cc(C2CC2)c(-c2ccc(F)cc2F)c1F. The normalized spacial score (nSPS) is 25.8. The Bertz CT molecular complexity index is 1360. The van der Waals surface area contributed by atoms with Crippen LogP contribution in [0.4, 0.5) is 13.2 Å². The lowest BCUT2D eigenvalue weighted by Crippen LogP contribution is -2.61. The third-order valence-corrected chi connectivity index (χ3v) is 9.19. The van der Waals surface area contributed by atoms with Gasteiger partial charge in [-0.2, -0.15) is 0 Å². The first-order valence-electron chi connectivity index (χ1n) is 14.3. The predicted molar refractivity (Wildman–Crippen MR) is 144 cm³/mol. The molecule has 2 aliphatic heterocycles. The number of carboxylic acid groups (broad SMARTS) is 1. The Morgan fingerprint density at radius 3 is 2.48 bits per heavy atom. The van der Waals surface area contributed by atoms with Crippen LogP contribution in [0.3, 0.4) is 0 Å². The van der Waals surface area contributed by atoms with E-state index in [0.717, 1.165) is 55.5 Å². The number of ether oxygens (including phenoxy) is 1. The van der Waals surface area contributed by atoms with Crippen LogP contribution in [0, 0.1) is 28.8 Å². The second-order valence-electron chi connectivity index (χ2n) is 12.3. The largest absolute Gasteiger partial charge is 0.490 e. The van der Waals surface area contributed by atoms with Gasteiger partial charge in [0.05, 0.1) is 17.7 Å². The molecule has 0 unspecified atom stereocenters. The molecule has 0 aromatic heterocycles. The molecule has 6 rings (SSSR count). The summed E-state index contributed by atoms with van der Waals surface area (Å²) in [5, 5.41) is 14.0. The first kappa shape index (κ1) is 27.1. The number of aliphatic carboxylic acids is 1. The van der Waals surface area contributed by atoms with Gasteiger partial charge in [-0.15, -0.1) is 0 Å². The van der Waals surface area contributed by atoms with Crippen LogP contribution in [-0.2, 0) is 16.2 Å². The number of carboxylic acids is 1. The van der Waals surface area contributed by atoms with Crippen molar-refractivity contribution >= 4 is 11.7 Å². The number of rotatable bonds is 8. The summed E-state index contributed by atoms with van der Waals surface area (Å²) in [5.41, 5.74) is 1.63. The molecule has 0 amide bonds. The highest BCUT2D eigenvalue weighted by atomic mass is 19.1. The van der Waals surface area contributed by atoms with E-state index in [2.05, 4.69) is 10.1 Å². The molecule has 40 heavy (non-hydrogen) atoms. The number of carbonyl (C=O) groups is 1. The average molecular weight is 557 g/mol. The van der Waals surface area contributed by atoms with Gasteiger partial charge in [0.25, 0.3) is 0 Å². The first-order chi connectivity index (χ1) is 19.1. The first-order valence-corrected chi connectivity index (χ1v) is 14.3. The standard InChI is InChI=1S/C31H35F3N2O4/c1-3-39-28-20(12-23(18-4-5-18)26(27(28)34)22-7-6-21(32)13-24(22)33)15-36-16-31(17-36)14-25(35-40-31)19-8-10-30(2,11-9-19)29(37)38/h6-7,12-13,18-19H,3-5,8-11,14-17H2,1-2H3,(H,37,38). The van der Waals surface area contributed by atoms with E-state index >= 15 is 4.39 Å². The van der Waals surface area contributed by atoms with Crippen LogP contribution in [0.5, 0.6) is 5.75 Å². The highest BCUT2D eigenvalue weighted by molar-refractivity contribution is 5.89. The van der Waals surface area contributed by atoms with Gasteiger partial charge in [0.15, 0.2) is 17.2 Å². The highest BCUT2D eigenvalue weighted by Gasteiger charge is 2.51. The summed E-state index contributed by atoms with van der Waals surface area (Å²) in [4.78, 5) is 19.7. The third-order valence-electron chi connectivity index (χ3n) is 9.19. The summed E-state index contributed by atoms with van der Waals surface area (Å²) < 4.78 is 50.2. The van der Waals surface area contributed by atoms with Crippen molar-refractivity contribution in [3.63, 3.8) is 0 Å². The number of halogens is 3. The zero-order valence-corrected chi connectivity index (χ0v) is 22.9. The van der Waals surface area contributed by atoms with Crippen molar-refractivity contribution < 1.29 is 32.6 Å². The van der Waals surface area contributed by atoms with Gasteiger partial charge < -0.3 is 14.7 Å². The molecule has 2 aromatic carbocycles. The van der Waals surface area contributed by atoms with Crippen LogP contribution in [0.2, 0.25) is 0 Å². The lowest BCUT2D eigenvalue weighted by atomic mass is 9.69. The Hall–Kier alpha value is -3.07. The van der Waals surface area contributed by atoms with Crippen molar-refractivity contribution in [2.24, 2.45) is 16.5 Å². The van der Waals surface area contributed by atoms with E-state index in [9.17, 15) is 18.7 Å². The summed E-state index contributed by atoms with van der Waals surface area (Å²) in [6, 6.07) is 5.17. The van der Waals surface area contributed by atoms with E-state index in [4.69, 9.17) is 9.57 Å². The maximum atomic E-state index is 16.1. The summed E-state index contributed by atoms with van der Waals surface area (Å²) in [5.74, 6) is -2.33. The molecule has 0 radical (unpaired) electrons. The third kappa shape index (κ3) is 4.86. The number of benzene rings is 2. The van der Waals surface area contributed by atoms with Crippen LogP contribution in [0.1, 0.15) is 75.8 Å². The van der Waals surface area contributed by atoms with E-state index in [1.807, 2.05) is 13.0 Å². The summed E-state index contributed by atoms with van der Waals surface area (Å²) in [6.07, 6.45) is 5.39. The van der Waals surface area contributed by atoms with Crippen molar-refractivity contribution in [3.05, 3.63) is 52.8 Å². The highest BCUT2D eigenvalue weighted by Crippen LogP contribution is 2.49. The van der Waals surface area contributed by atoms with Gasteiger partial charge in [-0.25, -0.2) is 13.2 Å². The second-order valence-corrected chi connectivity index (χ2v) is 12.3. The molecule has 9 heteroatoms. The number of hydrogen-bond acceptors (Lipinski definition) is 5. The number of likely N-dealkylation sites (tertiary alicyclic amines) is 1. The molecular weight excluding hydrogens is 521 g/mol. The zero-order chi connectivity index (χ0) is 28.2. The minimum atomic E-state index is -0.791. The fourth-order valence-electron chi connectivity index (χ4n) is 6.67. The lowest BCUT2D eigenvalue weighted by Gasteiger charge is -2.45. The van der Waals surface area contributed by atoms with E-state index in [-0.39, 0.29) is 35.3 Å². The topological polar surface area (TPSA) is 71.4 Å². The van der Waals surface area contributed by atoms with Crippen molar-refractivity contribution in [3.8, 4) is 16.9 Å². The molecule has 4 aliphatic rings. The molecule has 3 fully saturated rings. The molecular formula is C31H35F3N2O4. The van der Waals surface area contributed by atoms with Gasteiger partial charge in [0, 0.05) is 54.7 Å². The maximum absolute atomic E-state index is 16.1. The monoisotopic (exact) mass is 556 g/mol. The molecule has 2 aromatic rings. The second kappa shape index (κ2) is 10.1. The fraction of sp³-hybridized carbons (Fsp3) is 0.548. The Labute approximate surface area is 232 Å². The molecule has 2 aliphatic carbocycles. The van der Waals surface area contributed by atoms with Gasteiger partial charge in [-0.3, -0.25) is 9.69 Å². The minimum Gasteiger partial charge on any atom is -0.490 e. The maximum Gasteiger partial charge on any atom is 0.309 e. The Morgan fingerprint density at radius 2 is 1.85 bits per heavy atom. The molecule has 6 nitrogen and oxygen atoms in total. The molecule has 0 bridgehead atoms. The van der Waals surface area contributed by atoms with Gasteiger partial charge >= 0.3 is 5.97 Å². The molecule has 214 valence electrons. The van der Waals surface area contributed by atoms with E-state index in [0.29, 0.717) is 38.0 Å².